The molecule has 1 aliphatic rings. The molecule has 5 nitrogen and oxygen atoms in total. The number of nitrogens with zero attached hydrogens (tertiary/aromatic N) is 2. The van der Waals surface area contributed by atoms with Gasteiger partial charge in [0.25, 0.3) is 0 Å². The molecular weight excluding hydrogens is 376 g/mol. The van der Waals surface area contributed by atoms with Crippen LogP contribution in [0.25, 0.3) is 0 Å². The topological polar surface area (TPSA) is 66.9 Å². The molecule has 2 N–H and O–H groups in total. The molecule has 0 spiro atoms. The first-order chi connectivity index (χ1) is 13.1. The minimum absolute atomic E-state index is 0.0201. The van der Waals surface area contributed by atoms with Crippen LogP contribution >= 0.6 is 23.1 Å². The third-order valence-corrected chi connectivity index (χ3v) is 7.03. The summed E-state index contributed by atoms with van der Waals surface area (Å²) in [6.07, 6.45) is 7.44. The van der Waals surface area contributed by atoms with Crippen LogP contribution in [-0.4, -0.2) is 27.9 Å². The van der Waals surface area contributed by atoms with Gasteiger partial charge >= 0.3 is 0 Å². The molecule has 1 amide bonds. The summed E-state index contributed by atoms with van der Waals surface area (Å²) in [5, 5.41) is 15.7. The summed E-state index contributed by atoms with van der Waals surface area (Å²) in [5.41, 5.74) is 2.14. The highest BCUT2D eigenvalue weighted by atomic mass is 32.2. The van der Waals surface area contributed by atoms with E-state index in [1.54, 1.807) is 0 Å². The Balaban J connectivity index is 1.43. The van der Waals surface area contributed by atoms with Crippen LogP contribution in [0, 0.1) is 0 Å². The van der Waals surface area contributed by atoms with Crippen LogP contribution < -0.4 is 10.6 Å². The normalized spacial score (nSPS) is 16.1. The minimum Gasteiger partial charge on any atom is -0.357 e. The van der Waals surface area contributed by atoms with Gasteiger partial charge in [0, 0.05) is 11.7 Å². The highest BCUT2D eigenvalue weighted by molar-refractivity contribution is 8.01. The van der Waals surface area contributed by atoms with Crippen molar-refractivity contribution in [1.82, 2.24) is 10.2 Å². The lowest BCUT2D eigenvalue weighted by molar-refractivity contribution is -0.113. The van der Waals surface area contributed by atoms with Crippen LogP contribution in [0.4, 0.5) is 10.8 Å². The number of thioether (sulfide) groups is 1. The number of hydrogen-bond acceptors (Lipinski definition) is 6. The van der Waals surface area contributed by atoms with Gasteiger partial charge in [-0.05, 0) is 42.9 Å². The Kier molecular flexibility index (Phi) is 7.52. The summed E-state index contributed by atoms with van der Waals surface area (Å²) in [6.45, 7) is 4.39. The number of nitrogens with one attached hydrogen (secondary N) is 2. The smallest absolute Gasteiger partial charge is 0.234 e. The fraction of sp³-hybridized carbons (Fsp3) is 0.550. The summed E-state index contributed by atoms with van der Waals surface area (Å²) in [7, 11) is 0. The van der Waals surface area contributed by atoms with E-state index in [9.17, 15) is 4.79 Å². The fourth-order valence-corrected chi connectivity index (χ4v) is 4.83. The van der Waals surface area contributed by atoms with Crippen LogP contribution in [-0.2, 0) is 4.79 Å². The van der Waals surface area contributed by atoms with Crippen LogP contribution in [0.5, 0.6) is 0 Å². The second-order valence-electron chi connectivity index (χ2n) is 7.12. The number of carbonyl (C=O) groups is 1. The Morgan fingerprint density at radius 2 is 1.96 bits per heavy atom. The SMILES string of the molecule is CC[C@@H](C)c1ccc(NC(=O)CSc2nnc(NC3CCCCC3)s2)cc1. The Hall–Kier alpha value is -1.60. The summed E-state index contributed by atoms with van der Waals surface area (Å²) >= 11 is 2.97. The highest BCUT2D eigenvalue weighted by Gasteiger charge is 2.15. The maximum atomic E-state index is 12.2. The number of carbonyl (C=O) groups excluding carboxylic acids is 1. The zero-order valence-electron chi connectivity index (χ0n) is 16.0. The van der Waals surface area contributed by atoms with E-state index in [4.69, 9.17) is 0 Å². The van der Waals surface area contributed by atoms with Crippen LogP contribution in [0.1, 0.15) is 63.9 Å². The number of aromatic nitrogens is 2. The minimum atomic E-state index is -0.0201. The predicted molar refractivity (Wildman–Crippen MR) is 115 cm³/mol. The summed E-state index contributed by atoms with van der Waals surface area (Å²) in [5.74, 6) is 0.859. The van der Waals surface area contributed by atoms with Gasteiger partial charge in [-0.2, -0.15) is 0 Å². The van der Waals surface area contributed by atoms with Crippen molar-refractivity contribution in [1.29, 1.82) is 0 Å². The predicted octanol–water partition coefficient (Wildman–Crippen LogP) is 5.53. The summed E-state index contributed by atoms with van der Waals surface area (Å²) < 4.78 is 0.829. The van der Waals surface area contributed by atoms with E-state index in [1.807, 2.05) is 12.1 Å². The zero-order chi connectivity index (χ0) is 19.1. The molecule has 0 aliphatic heterocycles. The van der Waals surface area contributed by atoms with Gasteiger partial charge < -0.3 is 10.6 Å². The van der Waals surface area contributed by atoms with Crippen LogP contribution in [0.2, 0.25) is 0 Å². The molecule has 27 heavy (non-hydrogen) atoms. The molecule has 1 atom stereocenters. The first-order valence-corrected chi connectivity index (χ1v) is 11.6. The van der Waals surface area contributed by atoms with Gasteiger partial charge in [0.2, 0.25) is 11.0 Å². The van der Waals surface area contributed by atoms with Crippen molar-refractivity contribution in [3.8, 4) is 0 Å². The molecule has 0 radical (unpaired) electrons. The van der Waals surface area contributed by atoms with Crippen molar-refractivity contribution >= 4 is 39.8 Å². The molecule has 146 valence electrons. The standard InChI is InChI=1S/C20H28N4OS2/c1-3-14(2)15-9-11-17(12-10-15)21-18(25)13-26-20-24-23-19(27-20)22-16-7-5-4-6-8-16/h9-12,14,16H,3-8,13H2,1-2H3,(H,21,25)(H,22,23)/t14-/m1/s1. The monoisotopic (exact) mass is 404 g/mol. The average molecular weight is 405 g/mol. The fourth-order valence-electron chi connectivity index (χ4n) is 3.20. The van der Waals surface area contributed by atoms with E-state index in [1.165, 1.54) is 60.8 Å². The molecule has 1 fully saturated rings. The second kappa shape index (κ2) is 10.1. The lowest BCUT2D eigenvalue weighted by Crippen LogP contribution is -2.21. The molecule has 0 saturated heterocycles. The van der Waals surface area contributed by atoms with E-state index in [0.717, 1.165) is 21.6 Å². The van der Waals surface area contributed by atoms with E-state index in [-0.39, 0.29) is 5.91 Å². The maximum Gasteiger partial charge on any atom is 0.234 e. The first-order valence-electron chi connectivity index (χ1n) is 9.76. The lowest BCUT2D eigenvalue weighted by Gasteiger charge is -2.21. The molecular formula is C20H28N4OS2. The largest absolute Gasteiger partial charge is 0.357 e. The third-order valence-electron chi connectivity index (χ3n) is 5.04. The Morgan fingerprint density at radius 1 is 1.22 bits per heavy atom. The molecule has 1 aromatic heterocycles. The molecule has 7 heteroatoms. The van der Waals surface area contributed by atoms with Crippen molar-refractivity contribution < 1.29 is 4.79 Å². The van der Waals surface area contributed by atoms with Gasteiger partial charge in [-0.15, -0.1) is 10.2 Å². The first kappa shape index (κ1) is 20.1. The molecule has 3 rings (SSSR count). The molecule has 0 unspecified atom stereocenters. The van der Waals surface area contributed by atoms with Crippen molar-refractivity contribution in [2.24, 2.45) is 0 Å². The molecule has 1 aliphatic carbocycles. The van der Waals surface area contributed by atoms with Crippen molar-refractivity contribution in [2.45, 2.75) is 68.7 Å². The third kappa shape index (κ3) is 6.21. The van der Waals surface area contributed by atoms with Crippen molar-refractivity contribution in [2.75, 3.05) is 16.4 Å². The second-order valence-corrected chi connectivity index (χ2v) is 9.32. The number of anilines is 2. The summed E-state index contributed by atoms with van der Waals surface area (Å²) in [4.78, 5) is 12.2. The van der Waals surface area contributed by atoms with Crippen LogP contribution in [0.3, 0.4) is 0 Å². The number of benzene rings is 1. The highest BCUT2D eigenvalue weighted by Crippen LogP contribution is 2.28. The van der Waals surface area contributed by atoms with Crippen molar-refractivity contribution in [3.05, 3.63) is 29.8 Å². The van der Waals surface area contributed by atoms with E-state index >= 15 is 0 Å². The zero-order valence-corrected chi connectivity index (χ0v) is 17.7. The van der Waals surface area contributed by atoms with E-state index in [0.29, 0.717) is 17.7 Å². The van der Waals surface area contributed by atoms with Gasteiger partial charge in [-0.1, -0.05) is 68.3 Å². The number of amides is 1. The molecule has 1 heterocycles. The molecule has 2 aromatic rings. The van der Waals surface area contributed by atoms with Gasteiger partial charge in [-0.3, -0.25) is 4.79 Å². The quantitative estimate of drug-likeness (QED) is 0.567. The van der Waals surface area contributed by atoms with E-state index in [2.05, 4.69) is 46.8 Å². The Labute approximate surface area is 169 Å². The lowest BCUT2D eigenvalue weighted by atomic mass is 9.96. The molecule has 0 bridgehead atoms. The Bertz CT molecular complexity index is 726. The van der Waals surface area contributed by atoms with Gasteiger partial charge in [0.05, 0.1) is 5.75 Å². The van der Waals surface area contributed by atoms with Crippen molar-refractivity contribution in [3.63, 3.8) is 0 Å². The number of rotatable bonds is 8. The van der Waals surface area contributed by atoms with Gasteiger partial charge in [0.1, 0.15) is 0 Å². The Morgan fingerprint density at radius 3 is 2.67 bits per heavy atom. The number of hydrogen-bond donors (Lipinski definition) is 2. The maximum absolute atomic E-state index is 12.2. The summed E-state index contributed by atoms with van der Waals surface area (Å²) in [6, 6.07) is 8.64. The molecule has 1 aromatic carbocycles. The van der Waals surface area contributed by atoms with E-state index < -0.39 is 0 Å². The molecule has 1 saturated carbocycles. The average Bonchev–Trinajstić information content (AvgIpc) is 3.14. The van der Waals surface area contributed by atoms with Gasteiger partial charge in [0.15, 0.2) is 4.34 Å². The van der Waals surface area contributed by atoms with Crippen LogP contribution in [0.15, 0.2) is 28.6 Å². The van der Waals surface area contributed by atoms with Gasteiger partial charge in [-0.25, -0.2) is 0 Å².